The molecule has 1 saturated heterocycles. The second-order valence-corrected chi connectivity index (χ2v) is 7.79. The van der Waals surface area contributed by atoms with Crippen molar-refractivity contribution in [1.82, 2.24) is 30.4 Å². The molecule has 3 N–H and O–H groups in total. The third-order valence-corrected chi connectivity index (χ3v) is 5.81. The van der Waals surface area contributed by atoms with Gasteiger partial charge >= 0.3 is 0 Å². The van der Waals surface area contributed by atoms with Gasteiger partial charge in [0.05, 0.1) is 17.2 Å². The molecule has 0 aliphatic carbocycles. The Morgan fingerprint density at radius 3 is 2.90 bits per heavy atom. The van der Waals surface area contributed by atoms with E-state index in [2.05, 4.69) is 54.0 Å². The van der Waals surface area contributed by atoms with E-state index in [1.807, 2.05) is 31.5 Å². The van der Waals surface area contributed by atoms with Crippen LogP contribution in [-0.4, -0.2) is 43.5 Å². The smallest absolute Gasteiger partial charge is 0.139 e. The maximum atomic E-state index is 4.54. The summed E-state index contributed by atoms with van der Waals surface area (Å²) in [7, 11) is 0. The summed E-state index contributed by atoms with van der Waals surface area (Å²) in [6, 6.07) is 4.26. The maximum absolute atomic E-state index is 4.54. The minimum Gasteiger partial charge on any atom is -0.371 e. The third-order valence-electron chi connectivity index (χ3n) is 5.81. The van der Waals surface area contributed by atoms with Crippen LogP contribution in [0.15, 0.2) is 36.8 Å². The number of piperidine rings is 1. The summed E-state index contributed by atoms with van der Waals surface area (Å²) in [6.45, 7) is 8.51. The first-order chi connectivity index (χ1) is 14.7. The summed E-state index contributed by atoms with van der Waals surface area (Å²) in [5.41, 5.74) is 6.05. The average Bonchev–Trinajstić information content (AvgIpc) is 3.52. The second kappa shape index (κ2) is 7.67. The molecule has 0 bridgehead atoms. The van der Waals surface area contributed by atoms with Gasteiger partial charge < -0.3 is 9.88 Å². The van der Waals surface area contributed by atoms with E-state index in [1.165, 1.54) is 24.9 Å². The number of anilines is 1. The molecule has 7 heteroatoms. The first-order valence-corrected chi connectivity index (χ1v) is 10.3. The summed E-state index contributed by atoms with van der Waals surface area (Å²) in [5, 5.41) is 17.3. The highest BCUT2D eigenvalue weighted by molar-refractivity contribution is 5.93. The van der Waals surface area contributed by atoms with Crippen molar-refractivity contribution in [2.75, 3.05) is 18.0 Å². The molecule has 152 valence electrons. The number of H-pyrrole nitrogens is 3. The van der Waals surface area contributed by atoms with Gasteiger partial charge in [0.1, 0.15) is 11.3 Å². The third kappa shape index (κ3) is 3.32. The van der Waals surface area contributed by atoms with Gasteiger partial charge in [-0.2, -0.15) is 10.2 Å². The summed E-state index contributed by atoms with van der Waals surface area (Å²) >= 11 is 0. The maximum Gasteiger partial charge on any atom is 0.139 e. The molecule has 0 spiro atoms. The van der Waals surface area contributed by atoms with Crippen LogP contribution in [0.25, 0.3) is 40.6 Å². The summed E-state index contributed by atoms with van der Waals surface area (Å²) in [4.78, 5) is 10.4. The van der Waals surface area contributed by atoms with E-state index in [1.54, 1.807) is 6.20 Å². The molecule has 0 saturated carbocycles. The lowest BCUT2D eigenvalue weighted by Gasteiger charge is -2.29. The van der Waals surface area contributed by atoms with Crippen molar-refractivity contribution in [3.8, 4) is 11.4 Å². The highest BCUT2D eigenvalue weighted by Gasteiger charge is 2.16. The van der Waals surface area contributed by atoms with Crippen LogP contribution in [0.5, 0.6) is 0 Å². The lowest BCUT2D eigenvalue weighted by molar-refractivity contribution is 0.579. The molecule has 4 aromatic rings. The van der Waals surface area contributed by atoms with Crippen molar-refractivity contribution in [2.24, 2.45) is 0 Å². The topological polar surface area (TPSA) is 89.3 Å². The zero-order valence-electron chi connectivity index (χ0n) is 17.1. The van der Waals surface area contributed by atoms with Gasteiger partial charge in [-0.05, 0) is 50.0 Å². The Morgan fingerprint density at radius 2 is 2.10 bits per heavy atom. The first kappa shape index (κ1) is 18.4. The molecule has 0 atom stereocenters. The van der Waals surface area contributed by atoms with E-state index in [4.69, 9.17) is 0 Å². The van der Waals surface area contributed by atoms with E-state index in [-0.39, 0.29) is 0 Å². The van der Waals surface area contributed by atoms with Crippen LogP contribution in [0.3, 0.4) is 0 Å². The van der Waals surface area contributed by atoms with Crippen molar-refractivity contribution in [3.63, 3.8) is 0 Å². The van der Waals surface area contributed by atoms with Crippen LogP contribution in [0.2, 0.25) is 0 Å². The van der Waals surface area contributed by atoms with E-state index in [9.17, 15) is 0 Å². The summed E-state index contributed by atoms with van der Waals surface area (Å²) in [5.74, 6) is 0. The van der Waals surface area contributed by atoms with Crippen LogP contribution in [0.1, 0.15) is 31.7 Å². The normalized spacial score (nSPS) is 16.0. The molecule has 5 rings (SSSR count). The van der Waals surface area contributed by atoms with E-state index < -0.39 is 0 Å². The van der Waals surface area contributed by atoms with Crippen molar-refractivity contribution in [3.05, 3.63) is 52.9 Å². The standard InChI is InChI=1S/C23H25N7/c1-15(17-13-25-26-14-17)6-7-19-16(2)22(29-28-19)20-12-18-21(8-9-24-23(18)27-20)30-10-4-3-5-11-30/h6-9,12-14,28H,2-5,10-11H2,1H3,(H,24,27)(H,25,26)/b15-6+,19-7+. The van der Waals surface area contributed by atoms with Gasteiger partial charge in [0.2, 0.25) is 0 Å². The van der Waals surface area contributed by atoms with E-state index in [0.29, 0.717) is 0 Å². The molecule has 30 heavy (non-hydrogen) atoms. The predicted molar refractivity (Wildman–Crippen MR) is 121 cm³/mol. The molecule has 0 radical (unpaired) electrons. The van der Waals surface area contributed by atoms with Crippen LogP contribution >= 0.6 is 0 Å². The Bertz CT molecular complexity index is 1300. The van der Waals surface area contributed by atoms with Gasteiger partial charge in [-0.15, -0.1) is 0 Å². The van der Waals surface area contributed by atoms with Crippen molar-refractivity contribution < 1.29 is 0 Å². The number of hydrogen-bond acceptors (Lipinski definition) is 4. The Labute approximate surface area is 174 Å². The highest BCUT2D eigenvalue weighted by atomic mass is 15.1. The number of aromatic nitrogens is 6. The van der Waals surface area contributed by atoms with E-state index >= 15 is 0 Å². The number of aromatic amines is 3. The fraction of sp³-hybridized carbons (Fsp3) is 0.261. The summed E-state index contributed by atoms with van der Waals surface area (Å²) < 4.78 is 0. The van der Waals surface area contributed by atoms with Gasteiger partial charge in [0.25, 0.3) is 0 Å². The number of hydrogen-bond donors (Lipinski definition) is 3. The van der Waals surface area contributed by atoms with Gasteiger partial charge in [0, 0.05) is 47.3 Å². The average molecular weight is 400 g/mol. The Balaban J connectivity index is 1.51. The lowest BCUT2D eigenvalue weighted by atomic mass is 10.1. The molecular formula is C23H25N7. The largest absolute Gasteiger partial charge is 0.371 e. The van der Waals surface area contributed by atoms with Crippen molar-refractivity contribution >= 4 is 34.9 Å². The van der Waals surface area contributed by atoms with Crippen LogP contribution < -0.4 is 15.5 Å². The van der Waals surface area contributed by atoms with Gasteiger partial charge in [-0.3, -0.25) is 10.2 Å². The van der Waals surface area contributed by atoms with Gasteiger partial charge in [0.15, 0.2) is 0 Å². The zero-order chi connectivity index (χ0) is 20.5. The Morgan fingerprint density at radius 1 is 1.23 bits per heavy atom. The molecule has 0 unspecified atom stereocenters. The minimum atomic E-state index is 0.818. The molecule has 1 aliphatic rings. The Kier molecular flexibility index (Phi) is 4.71. The van der Waals surface area contributed by atoms with Crippen molar-refractivity contribution in [2.45, 2.75) is 26.2 Å². The second-order valence-electron chi connectivity index (χ2n) is 7.79. The Hall–Kier alpha value is -3.61. The quantitative estimate of drug-likeness (QED) is 0.492. The molecule has 1 aliphatic heterocycles. The zero-order valence-corrected chi connectivity index (χ0v) is 17.1. The van der Waals surface area contributed by atoms with Gasteiger partial charge in [-0.1, -0.05) is 12.7 Å². The monoisotopic (exact) mass is 399 g/mol. The van der Waals surface area contributed by atoms with E-state index in [0.717, 1.165) is 57.2 Å². The fourth-order valence-electron chi connectivity index (χ4n) is 4.06. The molecule has 4 aromatic heterocycles. The number of allylic oxidation sites excluding steroid dienone is 2. The number of rotatable bonds is 4. The van der Waals surface area contributed by atoms with Crippen LogP contribution in [0, 0.1) is 0 Å². The highest BCUT2D eigenvalue weighted by Crippen LogP contribution is 2.30. The number of nitrogens with one attached hydrogen (secondary N) is 3. The molecule has 0 amide bonds. The molecule has 7 nitrogen and oxygen atoms in total. The van der Waals surface area contributed by atoms with Gasteiger partial charge in [-0.25, -0.2) is 4.98 Å². The van der Waals surface area contributed by atoms with Crippen LogP contribution in [-0.2, 0) is 0 Å². The fourth-order valence-corrected chi connectivity index (χ4v) is 4.06. The first-order valence-electron chi connectivity index (χ1n) is 10.3. The minimum absolute atomic E-state index is 0.818. The number of fused-ring (bicyclic) bond motifs is 1. The molecule has 5 heterocycles. The summed E-state index contributed by atoms with van der Waals surface area (Å²) in [6.07, 6.45) is 13.4. The molecular weight excluding hydrogens is 374 g/mol. The molecule has 1 fully saturated rings. The SMILES string of the molecule is C=c1c(-c2cc3c(N4CCCCC4)ccnc3[nH]2)n[nH]/c1=C/C=C(\C)c1cn[nH]c1. The lowest BCUT2D eigenvalue weighted by Crippen LogP contribution is -2.29. The number of pyridine rings is 1. The predicted octanol–water partition coefficient (Wildman–Crippen LogP) is 2.96. The van der Waals surface area contributed by atoms with Crippen molar-refractivity contribution in [1.29, 1.82) is 0 Å². The molecule has 0 aromatic carbocycles. The number of nitrogens with zero attached hydrogens (tertiary/aromatic N) is 4. The van der Waals surface area contributed by atoms with Crippen LogP contribution in [0.4, 0.5) is 5.69 Å².